The zero-order valence-corrected chi connectivity index (χ0v) is 8.81. The molecule has 2 bridgehead atoms. The summed E-state index contributed by atoms with van der Waals surface area (Å²) < 4.78 is 0. The highest BCUT2D eigenvalue weighted by molar-refractivity contribution is 8.01. The van der Waals surface area contributed by atoms with Gasteiger partial charge in [0.25, 0.3) is 0 Å². The van der Waals surface area contributed by atoms with Gasteiger partial charge < -0.3 is 0 Å². The van der Waals surface area contributed by atoms with E-state index in [2.05, 4.69) is 25.6 Å². The van der Waals surface area contributed by atoms with Gasteiger partial charge in [0.15, 0.2) is 0 Å². The molecule has 12 heavy (non-hydrogen) atoms. The lowest BCUT2D eigenvalue weighted by Crippen LogP contribution is -2.27. The Bertz CT molecular complexity index is 197. The Kier molecular flexibility index (Phi) is 1.57. The highest BCUT2D eigenvalue weighted by Crippen LogP contribution is 2.61. The van der Waals surface area contributed by atoms with Crippen LogP contribution in [-0.4, -0.2) is 10.5 Å². The first-order valence-electron chi connectivity index (χ1n) is 5.41. The molecule has 3 fully saturated rings. The van der Waals surface area contributed by atoms with Crippen LogP contribution < -0.4 is 0 Å². The Balaban J connectivity index is 1.86. The van der Waals surface area contributed by atoms with Crippen molar-refractivity contribution in [2.45, 2.75) is 43.6 Å². The topological polar surface area (TPSA) is 0 Å². The van der Waals surface area contributed by atoms with Gasteiger partial charge >= 0.3 is 0 Å². The smallest absolute Gasteiger partial charge is 0.0107 e. The van der Waals surface area contributed by atoms with Crippen LogP contribution in [0.2, 0.25) is 0 Å². The van der Waals surface area contributed by atoms with E-state index in [0.717, 1.165) is 34.2 Å². The van der Waals surface area contributed by atoms with Crippen molar-refractivity contribution in [2.75, 3.05) is 0 Å². The Morgan fingerprint density at radius 2 is 1.75 bits per heavy atom. The van der Waals surface area contributed by atoms with Crippen LogP contribution in [0, 0.1) is 23.7 Å². The molecule has 6 atom stereocenters. The monoisotopic (exact) mass is 182 g/mol. The molecule has 1 heteroatoms. The third-order valence-corrected chi connectivity index (χ3v) is 6.32. The molecule has 0 aromatic rings. The molecule has 0 radical (unpaired) electrons. The minimum absolute atomic E-state index is 1.03. The lowest BCUT2D eigenvalue weighted by molar-refractivity contribution is 0.273. The van der Waals surface area contributed by atoms with E-state index in [1.165, 1.54) is 6.42 Å². The first-order chi connectivity index (χ1) is 5.75. The minimum atomic E-state index is 1.03. The van der Waals surface area contributed by atoms with E-state index in [1.807, 2.05) is 0 Å². The van der Waals surface area contributed by atoms with Crippen LogP contribution in [0.1, 0.15) is 33.1 Å². The number of hydrogen-bond acceptors (Lipinski definition) is 1. The van der Waals surface area contributed by atoms with Crippen molar-refractivity contribution < 1.29 is 0 Å². The predicted octanol–water partition coefficient (Wildman–Crippen LogP) is 3.17. The van der Waals surface area contributed by atoms with Crippen LogP contribution in [-0.2, 0) is 0 Å². The quantitative estimate of drug-likeness (QED) is 0.554. The van der Waals surface area contributed by atoms with E-state index < -0.39 is 0 Å². The van der Waals surface area contributed by atoms with Crippen molar-refractivity contribution in [3.05, 3.63) is 0 Å². The number of hydrogen-bond donors (Lipinski definition) is 0. The number of fused-ring (bicyclic) bond motifs is 5. The fourth-order valence-electron chi connectivity index (χ4n) is 3.87. The molecule has 1 saturated carbocycles. The molecule has 3 rings (SSSR count). The van der Waals surface area contributed by atoms with E-state index in [9.17, 15) is 0 Å². The Morgan fingerprint density at radius 1 is 1.00 bits per heavy atom. The van der Waals surface area contributed by atoms with Crippen LogP contribution in [0.15, 0.2) is 0 Å². The molecule has 0 spiro atoms. The molecule has 1 aliphatic carbocycles. The van der Waals surface area contributed by atoms with Gasteiger partial charge in [-0.05, 0) is 42.9 Å². The normalized spacial score (nSPS) is 62.5. The van der Waals surface area contributed by atoms with Gasteiger partial charge in [0, 0.05) is 10.5 Å². The summed E-state index contributed by atoms with van der Waals surface area (Å²) in [5.74, 6) is 4.33. The van der Waals surface area contributed by atoms with Gasteiger partial charge in [0.1, 0.15) is 0 Å². The molecular weight excluding hydrogens is 164 g/mol. The van der Waals surface area contributed by atoms with Gasteiger partial charge in [-0.15, -0.1) is 0 Å². The molecule has 2 heterocycles. The molecule has 0 nitrogen and oxygen atoms in total. The second-order valence-corrected chi connectivity index (χ2v) is 6.68. The first kappa shape index (κ1) is 7.73. The summed E-state index contributed by atoms with van der Waals surface area (Å²) in [6, 6.07) is 0. The van der Waals surface area contributed by atoms with Crippen molar-refractivity contribution in [3.63, 3.8) is 0 Å². The Labute approximate surface area is 79.5 Å². The highest BCUT2D eigenvalue weighted by Gasteiger charge is 2.54. The summed E-state index contributed by atoms with van der Waals surface area (Å²) in [5.41, 5.74) is 0. The maximum atomic E-state index is 2.47. The standard InChI is InChI=1S/C11H18S/c1-6-3-8-9(4-6)11-7(2)5-10(8)12-11/h6-11H,3-5H2,1-2H3. The van der Waals surface area contributed by atoms with Crippen LogP contribution in [0.5, 0.6) is 0 Å². The SMILES string of the molecule is CC1CC2C3CC(C)C(S3)C2C1. The molecular formula is C11H18S. The zero-order valence-electron chi connectivity index (χ0n) is 7.99. The van der Waals surface area contributed by atoms with Crippen molar-refractivity contribution in [3.8, 4) is 0 Å². The second-order valence-electron chi connectivity index (χ2n) is 5.26. The van der Waals surface area contributed by atoms with Crippen molar-refractivity contribution in [2.24, 2.45) is 23.7 Å². The third-order valence-electron chi connectivity index (χ3n) is 4.30. The fraction of sp³-hybridized carbons (Fsp3) is 1.00. The second kappa shape index (κ2) is 2.43. The molecule has 68 valence electrons. The highest BCUT2D eigenvalue weighted by atomic mass is 32.2. The molecule has 6 unspecified atom stereocenters. The maximum absolute atomic E-state index is 2.47. The molecule has 3 aliphatic rings. The van der Waals surface area contributed by atoms with E-state index in [0.29, 0.717) is 0 Å². The van der Waals surface area contributed by atoms with Gasteiger partial charge in [-0.1, -0.05) is 13.8 Å². The summed E-state index contributed by atoms with van der Waals surface area (Å²) in [5, 5.41) is 2.13. The van der Waals surface area contributed by atoms with Gasteiger partial charge in [0.2, 0.25) is 0 Å². The van der Waals surface area contributed by atoms with Gasteiger partial charge in [0.05, 0.1) is 0 Å². The maximum Gasteiger partial charge on any atom is 0.0107 e. The van der Waals surface area contributed by atoms with E-state index >= 15 is 0 Å². The summed E-state index contributed by atoms with van der Waals surface area (Å²) >= 11 is 2.33. The molecule has 0 amide bonds. The minimum Gasteiger partial charge on any atom is -0.154 e. The molecule has 2 saturated heterocycles. The summed E-state index contributed by atoms with van der Waals surface area (Å²) in [7, 11) is 0. The molecule has 0 N–H and O–H groups in total. The molecule has 0 aromatic carbocycles. The van der Waals surface area contributed by atoms with E-state index in [4.69, 9.17) is 0 Å². The van der Waals surface area contributed by atoms with Crippen LogP contribution >= 0.6 is 11.8 Å². The molecule has 2 aliphatic heterocycles. The van der Waals surface area contributed by atoms with E-state index in [-0.39, 0.29) is 0 Å². The number of thioether (sulfide) groups is 1. The van der Waals surface area contributed by atoms with Gasteiger partial charge in [-0.3, -0.25) is 0 Å². The number of rotatable bonds is 0. The zero-order chi connectivity index (χ0) is 8.29. The first-order valence-corrected chi connectivity index (χ1v) is 6.35. The molecule has 0 aromatic heterocycles. The van der Waals surface area contributed by atoms with Crippen LogP contribution in [0.3, 0.4) is 0 Å². The lowest BCUT2D eigenvalue weighted by atomic mass is 9.77. The van der Waals surface area contributed by atoms with E-state index in [1.54, 1.807) is 12.8 Å². The Morgan fingerprint density at radius 3 is 2.58 bits per heavy atom. The summed E-state index contributed by atoms with van der Waals surface area (Å²) in [4.78, 5) is 0. The summed E-state index contributed by atoms with van der Waals surface area (Å²) in [6.45, 7) is 4.92. The summed E-state index contributed by atoms with van der Waals surface area (Å²) in [6.07, 6.45) is 4.62. The van der Waals surface area contributed by atoms with Crippen molar-refractivity contribution in [1.29, 1.82) is 0 Å². The lowest BCUT2D eigenvalue weighted by Gasteiger charge is -2.27. The third kappa shape index (κ3) is 0.865. The Hall–Kier alpha value is 0.350. The average molecular weight is 182 g/mol. The van der Waals surface area contributed by atoms with Gasteiger partial charge in [-0.2, -0.15) is 11.8 Å². The van der Waals surface area contributed by atoms with Crippen LogP contribution in [0.25, 0.3) is 0 Å². The predicted molar refractivity (Wildman–Crippen MR) is 54.3 cm³/mol. The average Bonchev–Trinajstić information content (AvgIpc) is 2.57. The largest absolute Gasteiger partial charge is 0.154 e. The fourth-order valence-corrected chi connectivity index (χ4v) is 6.10. The van der Waals surface area contributed by atoms with Crippen LogP contribution in [0.4, 0.5) is 0 Å². The van der Waals surface area contributed by atoms with Crippen molar-refractivity contribution >= 4 is 11.8 Å². The van der Waals surface area contributed by atoms with Gasteiger partial charge in [-0.25, -0.2) is 0 Å². The van der Waals surface area contributed by atoms with Crippen molar-refractivity contribution in [1.82, 2.24) is 0 Å².